The zero-order chi connectivity index (χ0) is 11.6. The topological polar surface area (TPSA) is 92.4 Å². The minimum Gasteiger partial charge on any atom is -0.392 e. The molecule has 14 heavy (non-hydrogen) atoms. The molecule has 0 bridgehead atoms. The van der Waals surface area contributed by atoms with E-state index in [9.17, 15) is 13.5 Å². The second kappa shape index (κ2) is 4.57. The third-order valence-corrected chi connectivity index (χ3v) is 2.71. The maximum absolute atomic E-state index is 10.7. The first-order valence-electron chi connectivity index (χ1n) is 4.52. The molecule has 0 saturated heterocycles. The average Bonchev–Trinajstić information content (AvgIpc) is 1.98. The molecule has 0 fully saturated rings. The van der Waals surface area contributed by atoms with Gasteiger partial charge in [-0.3, -0.25) is 0 Å². The fourth-order valence-electron chi connectivity index (χ4n) is 1.29. The van der Waals surface area contributed by atoms with Crippen LogP contribution in [0.5, 0.6) is 0 Å². The molecule has 4 N–H and O–H groups in total. The fraction of sp³-hybridized carbons (Fsp3) is 1.00. The highest BCUT2D eigenvalue weighted by atomic mass is 32.2. The predicted octanol–water partition coefficient (Wildman–Crippen LogP) is -0.177. The maximum atomic E-state index is 10.7. The van der Waals surface area contributed by atoms with Gasteiger partial charge in [-0.05, 0) is 5.92 Å². The lowest BCUT2D eigenvalue weighted by Crippen LogP contribution is -2.45. The molecule has 0 aromatic rings. The summed E-state index contributed by atoms with van der Waals surface area (Å²) in [5, 5.41) is 14.6. The van der Waals surface area contributed by atoms with E-state index >= 15 is 0 Å². The third-order valence-electron chi connectivity index (χ3n) is 2.16. The van der Waals surface area contributed by atoms with Crippen molar-refractivity contribution in [1.29, 1.82) is 0 Å². The SMILES string of the molecule is CC(C)C(O)C(C)(C)CNS(N)(=O)=O. The summed E-state index contributed by atoms with van der Waals surface area (Å²) in [7, 11) is -3.68. The van der Waals surface area contributed by atoms with Crippen LogP contribution < -0.4 is 9.86 Å². The Kier molecular flexibility index (Phi) is 4.51. The maximum Gasteiger partial charge on any atom is 0.274 e. The zero-order valence-corrected chi connectivity index (χ0v) is 9.93. The summed E-state index contributed by atoms with van der Waals surface area (Å²) in [5.41, 5.74) is -0.527. The first kappa shape index (κ1) is 13.8. The molecule has 0 amide bonds. The van der Waals surface area contributed by atoms with Crippen LogP contribution in [0.25, 0.3) is 0 Å². The molecule has 0 spiro atoms. The summed E-state index contributed by atoms with van der Waals surface area (Å²) in [6.45, 7) is 7.46. The van der Waals surface area contributed by atoms with Crippen LogP contribution in [0.2, 0.25) is 0 Å². The highest BCUT2D eigenvalue weighted by molar-refractivity contribution is 7.87. The number of hydrogen-bond donors (Lipinski definition) is 3. The van der Waals surface area contributed by atoms with E-state index in [0.29, 0.717) is 0 Å². The smallest absolute Gasteiger partial charge is 0.274 e. The predicted molar refractivity (Wildman–Crippen MR) is 55.7 cm³/mol. The van der Waals surface area contributed by atoms with Crippen LogP contribution in [-0.4, -0.2) is 26.2 Å². The molecule has 0 aliphatic rings. The molecule has 0 heterocycles. The number of rotatable bonds is 5. The molecular formula is C8H20N2O3S. The lowest BCUT2D eigenvalue weighted by atomic mass is 9.81. The Hall–Kier alpha value is -0.170. The van der Waals surface area contributed by atoms with Crippen molar-refractivity contribution in [2.24, 2.45) is 16.5 Å². The van der Waals surface area contributed by atoms with Gasteiger partial charge in [-0.25, -0.2) is 9.86 Å². The number of aliphatic hydroxyl groups is 1. The van der Waals surface area contributed by atoms with Gasteiger partial charge in [-0.2, -0.15) is 8.42 Å². The van der Waals surface area contributed by atoms with Gasteiger partial charge in [0.15, 0.2) is 0 Å². The first-order chi connectivity index (χ1) is 6.06. The monoisotopic (exact) mass is 224 g/mol. The Labute approximate surface area is 85.9 Å². The van der Waals surface area contributed by atoms with Gasteiger partial charge < -0.3 is 5.11 Å². The molecule has 0 radical (unpaired) electrons. The van der Waals surface area contributed by atoms with E-state index in [4.69, 9.17) is 5.14 Å². The Bertz CT molecular complexity index is 272. The minimum atomic E-state index is -3.68. The van der Waals surface area contributed by atoms with Gasteiger partial charge in [-0.15, -0.1) is 0 Å². The van der Waals surface area contributed by atoms with Gasteiger partial charge in [0.2, 0.25) is 0 Å². The van der Waals surface area contributed by atoms with E-state index in [-0.39, 0.29) is 12.5 Å². The molecule has 1 atom stereocenters. The first-order valence-corrected chi connectivity index (χ1v) is 6.06. The number of nitrogens with one attached hydrogen (secondary N) is 1. The Balaban J connectivity index is 4.35. The molecule has 86 valence electrons. The van der Waals surface area contributed by atoms with Crippen LogP contribution in [0.15, 0.2) is 0 Å². The number of hydrogen-bond acceptors (Lipinski definition) is 3. The van der Waals surface area contributed by atoms with Gasteiger partial charge in [0.25, 0.3) is 10.2 Å². The molecular weight excluding hydrogens is 204 g/mol. The molecule has 0 aliphatic heterocycles. The third kappa shape index (κ3) is 4.90. The Morgan fingerprint density at radius 3 is 2.14 bits per heavy atom. The van der Waals surface area contributed by atoms with E-state index in [0.717, 1.165) is 0 Å². The molecule has 5 nitrogen and oxygen atoms in total. The standard InChI is InChI=1S/C8H20N2O3S/c1-6(2)7(11)8(3,4)5-10-14(9,12)13/h6-7,10-11H,5H2,1-4H3,(H2,9,12,13). The van der Waals surface area contributed by atoms with Crippen molar-refractivity contribution in [3.8, 4) is 0 Å². The van der Waals surface area contributed by atoms with Crippen molar-refractivity contribution in [3.05, 3.63) is 0 Å². The molecule has 0 saturated carbocycles. The molecule has 6 heteroatoms. The van der Waals surface area contributed by atoms with Crippen LogP contribution in [0.4, 0.5) is 0 Å². The second-order valence-electron chi connectivity index (χ2n) is 4.54. The fourth-order valence-corrected chi connectivity index (χ4v) is 1.87. The van der Waals surface area contributed by atoms with E-state index in [1.165, 1.54) is 0 Å². The van der Waals surface area contributed by atoms with Crippen LogP contribution in [0.3, 0.4) is 0 Å². The van der Waals surface area contributed by atoms with Crippen molar-refractivity contribution in [3.63, 3.8) is 0 Å². The minimum absolute atomic E-state index is 0.0762. The van der Waals surface area contributed by atoms with Crippen LogP contribution in [-0.2, 0) is 10.2 Å². The van der Waals surface area contributed by atoms with Gasteiger partial charge in [-0.1, -0.05) is 27.7 Å². The summed E-state index contributed by atoms with van der Waals surface area (Å²) in [5.74, 6) is 0.0762. The van der Waals surface area contributed by atoms with Crippen LogP contribution in [0.1, 0.15) is 27.7 Å². The van der Waals surface area contributed by atoms with Crippen LogP contribution in [0, 0.1) is 11.3 Å². The van der Waals surface area contributed by atoms with Crippen molar-refractivity contribution < 1.29 is 13.5 Å². The zero-order valence-electron chi connectivity index (χ0n) is 9.11. The molecule has 0 aliphatic carbocycles. The molecule has 0 rings (SSSR count). The highest BCUT2D eigenvalue weighted by Crippen LogP contribution is 2.25. The summed E-state index contributed by atoms with van der Waals surface area (Å²) in [6, 6.07) is 0. The van der Waals surface area contributed by atoms with E-state index in [1.54, 1.807) is 13.8 Å². The highest BCUT2D eigenvalue weighted by Gasteiger charge is 2.30. The number of aliphatic hydroxyl groups excluding tert-OH is 1. The Morgan fingerprint density at radius 1 is 1.43 bits per heavy atom. The average molecular weight is 224 g/mol. The van der Waals surface area contributed by atoms with Crippen molar-refractivity contribution >= 4 is 10.2 Å². The van der Waals surface area contributed by atoms with Crippen molar-refractivity contribution in [1.82, 2.24) is 4.72 Å². The summed E-state index contributed by atoms with van der Waals surface area (Å²) in [6.07, 6.45) is -0.572. The van der Waals surface area contributed by atoms with Gasteiger partial charge in [0.05, 0.1) is 6.10 Å². The second-order valence-corrected chi connectivity index (χ2v) is 5.92. The molecule has 0 aromatic heterocycles. The number of nitrogens with two attached hydrogens (primary N) is 1. The Morgan fingerprint density at radius 2 is 1.86 bits per heavy atom. The van der Waals surface area contributed by atoms with Crippen LogP contribution >= 0.6 is 0 Å². The summed E-state index contributed by atoms with van der Waals surface area (Å²) >= 11 is 0. The summed E-state index contributed by atoms with van der Waals surface area (Å²) < 4.78 is 23.5. The van der Waals surface area contributed by atoms with Gasteiger partial charge in [0, 0.05) is 12.0 Å². The van der Waals surface area contributed by atoms with E-state index in [1.807, 2.05) is 13.8 Å². The molecule has 0 aromatic carbocycles. The summed E-state index contributed by atoms with van der Waals surface area (Å²) in [4.78, 5) is 0. The quantitative estimate of drug-likeness (QED) is 0.605. The van der Waals surface area contributed by atoms with Crippen molar-refractivity contribution in [2.45, 2.75) is 33.8 Å². The largest absolute Gasteiger partial charge is 0.392 e. The van der Waals surface area contributed by atoms with Gasteiger partial charge in [0.1, 0.15) is 0 Å². The lowest BCUT2D eigenvalue weighted by Gasteiger charge is -2.32. The van der Waals surface area contributed by atoms with Crippen molar-refractivity contribution in [2.75, 3.05) is 6.54 Å². The lowest BCUT2D eigenvalue weighted by molar-refractivity contribution is 0.0166. The van der Waals surface area contributed by atoms with E-state index in [2.05, 4.69) is 4.72 Å². The normalized spacial score (nSPS) is 15.9. The van der Waals surface area contributed by atoms with Gasteiger partial charge >= 0.3 is 0 Å². The van der Waals surface area contributed by atoms with E-state index < -0.39 is 21.7 Å². The molecule has 1 unspecified atom stereocenters.